The van der Waals surface area contributed by atoms with Gasteiger partial charge in [0, 0.05) is 36.9 Å². The molecule has 0 bridgehead atoms. The summed E-state index contributed by atoms with van der Waals surface area (Å²) in [6.45, 7) is 4.30. The van der Waals surface area contributed by atoms with Gasteiger partial charge in [0.1, 0.15) is 0 Å². The molecule has 3 heteroatoms. The Kier molecular flexibility index (Phi) is 3.83. The number of pyridine rings is 2. The van der Waals surface area contributed by atoms with Gasteiger partial charge in [-0.2, -0.15) is 0 Å². The molecule has 0 aliphatic rings. The predicted octanol–water partition coefficient (Wildman–Crippen LogP) is 2.89. The zero-order chi connectivity index (χ0) is 12.1. The number of aromatic nitrogens is 2. The van der Waals surface area contributed by atoms with Crippen LogP contribution in [-0.2, 0) is 0 Å². The van der Waals surface area contributed by atoms with Crippen molar-refractivity contribution >= 4 is 0 Å². The highest BCUT2D eigenvalue weighted by molar-refractivity contribution is 5.17. The molecule has 0 spiro atoms. The van der Waals surface area contributed by atoms with Crippen LogP contribution in [0.4, 0.5) is 0 Å². The topological polar surface area (TPSA) is 37.8 Å². The Morgan fingerprint density at radius 3 is 2.24 bits per heavy atom. The van der Waals surface area contributed by atoms with Crippen LogP contribution in [0.2, 0.25) is 0 Å². The fourth-order valence-electron chi connectivity index (χ4n) is 1.85. The number of hydrogen-bond acceptors (Lipinski definition) is 3. The summed E-state index contributed by atoms with van der Waals surface area (Å²) in [5, 5.41) is 3.54. The van der Waals surface area contributed by atoms with Gasteiger partial charge in [-0.1, -0.05) is 6.07 Å². The smallest absolute Gasteiger partial charge is 0.0315 e. The van der Waals surface area contributed by atoms with Gasteiger partial charge < -0.3 is 5.32 Å². The van der Waals surface area contributed by atoms with Crippen molar-refractivity contribution in [2.45, 2.75) is 25.9 Å². The van der Waals surface area contributed by atoms with Gasteiger partial charge in [-0.15, -0.1) is 0 Å². The minimum absolute atomic E-state index is 0.284. The molecule has 0 saturated carbocycles. The normalized spacial score (nSPS) is 14.2. The highest BCUT2D eigenvalue weighted by atomic mass is 14.9. The van der Waals surface area contributed by atoms with Crippen molar-refractivity contribution in [3.63, 3.8) is 0 Å². The van der Waals surface area contributed by atoms with Crippen molar-refractivity contribution in [1.29, 1.82) is 0 Å². The number of hydrogen-bond donors (Lipinski definition) is 1. The minimum Gasteiger partial charge on any atom is -0.304 e. The molecule has 2 heterocycles. The molecule has 0 aliphatic carbocycles. The van der Waals surface area contributed by atoms with Crippen LogP contribution in [0.3, 0.4) is 0 Å². The second-order valence-electron chi connectivity index (χ2n) is 4.18. The first-order valence-corrected chi connectivity index (χ1v) is 5.83. The molecule has 0 radical (unpaired) electrons. The first-order valence-electron chi connectivity index (χ1n) is 5.83. The summed E-state index contributed by atoms with van der Waals surface area (Å²) in [7, 11) is 0. The average Bonchev–Trinajstić information content (AvgIpc) is 2.40. The first kappa shape index (κ1) is 11.7. The average molecular weight is 227 g/mol. The summed E-state index contributed by atoms with van der Waals surface area (Å²) in [5.74, 6) is 0. The molecular weight excluding hydrogens is 210 g/mol. The van der Waals surface area contributed by atoms with Gasteiger partial charge in [0.25, 0.3) is 0 Å². The molecule has 2 aromatic rings. The third-order valence-corrected chi connectivity index (χ3v) is 2.89. The lowest BCUT2D eigenvalue weighted by Crippen LogP contribution is -2.22. The van der Waals surface area contributed by atoms with E-state index in [2.05, 4.69) is 35.2 Å². The van der Waals surface area contributed by atoms with E-state index in [0.29, 0.717) is 6.04 Å². The van der Waals surface area contributed by atoms with Crippen molar-refractivity contribution in [2.24, 2.45) is 0 Å². The Morgan fingerprint density at radius 2 is 1.59 bits per heavy atom. The quantitative estimate of drug-likeness (QED) is 0.872. The first-order chi connectivity index (χ1) is 8.27. The predicted molar refractivity (Wildman–Crippen MR) is 68.4 cm³/mol. The fraction of sp³-hybridized carbons (Fsp3) is 0.286. The lowest BCUT2D eigenvalue weighted by Gasteiger charge is -2.20. The van der Waals surface area contributed by atoms with E-state index >= 15 is 0 Å². The molecule has 88 valence electrons. The zero-order valence-electron chi connectivity index (χ0n) is 10.2. The van der Waals surface area contributed by atoms with E-state index in [1.165, 1.54) is 11.1 Å². The van der Waals surface area contributed by atoms with Crippen molar-refractivity contribution in [2.75, 3.05) is 0 Å². The second-order valence-corrected chi connectivity index (χ2v) is 4.18. The Bertz CT molecular complexity index is 398. The van der Waals surface area contributed by atoms with Gasteiger partial charge in [0.2, 0.25) is 0 Å². The molecule has 2 atom stereocenters. The molecule has 2 rings (SSSR count). The van der Waals surface area contributed by atoms with Gasteiger partial charge in [-0.25, -0.2) is 0 Å². The monoisotopic (exact) mass is 227 g/mol. The third kappa shape index (κ3) is 3.11. The zero-order valence-corrected chi connectivity index (χ0v) is 10.2. The van der Waals surface area contributed by atoms with E-state index in [4.69, 9.17) is 0 Å². The van der Waals surface area contributed by atoms with Crippen molar-refractivity contribution in [1.82, 2.24) is 15.3 Å². The van der Waals surface area contributed by atoms with Crippen molar-refractivity contribution in [3.05, 3.63) is 60.2 Å². The number of nitrogens with one attached hydrogen (secondary N) is 1. The van der Waals surface area contributed by atoms with Gasteiger partial charge >= 0.3 is 0 Å². The third-order valence-electron chi connectivity index (χ3n) is 2.89. The van der Waals surface area contributed by atoms with Crippen LogP contribution in [0.1, 0.15) is 37.1 Å². The lowest BCUT2D eigenvalue weighted by molar-refractivity contribution is 0.493. The van der Waals surface area contributed by atoms with Crippen molar-refractivity contribution < 1.29 is 0 Å². The molecule has 17 heavy (non-hydrogen) atoms. The summed E-state index contributed by atoms with van der Waals surface area (Å²) in [4.78, 5) is 8.16. The SMILES string of the molecule is CC(N[C@@H](C)c1ccncc1)c1cccnc1. The maximum absolute atomic E-state index is 4.14. The lowest BCUT2D eigenvalue weighted by atomic mass is 10.1. The minimum atomic E-state index is 0.284. The van der Waals surface area contributed by atoms with Gasteiger partial charge in [0.15, 0.2) is 0 Å². The van der Waals surface area contributed by atoms with E-state index in [1.54, 1.807) is 6.20 Å². The molecular formula is C14H17N3. The Labute approximate surface area is 102 Å². The molecule has 0 aromatic carbocycles. The molecule has 1 N–H and O–H groups in total. The van der Waals surface area contributed by atoms with Crippen LogP contribution in [0.25, 0.3) is 0 Å². The van der Waals surface area contributed by atoms with E-state index in [-0.39, 0.29) is 6.04 Å². The van der Waals surface area contributed by atoms with Gasteiger partial charge in [0.05, 0.1) is 0 Å². The maximum Gasteiger partial charge on any atom is 0.0315 e. The summed E-state index contributed by atoms with van der Waals surface area (Å²) in [5.41, 5.74) is 2.45. The van der Waals surface area contributed by atoms with Gasteiger partial charge in [-0.05, 0) is 43.2 Å². The Morgan fingerprint density at radius 1 is 0.882 bits per heavy atom. The van der Waals surface area contributed by atoms with E-state index < -0.39 is 0 Å². The fourth-order valence-corrected chi connectivity index (χ4v) is 1.85. The Balaban J connectivity index is 2.02. The van der Waals surface area contributed by atoms with Gasteiger partial charge in [-0.3, -0.25) is 9.97 Å². The molecule has 0 fully saturated rings. The largest absolute Gasteiger partial charge is 0.304 e. The molecule has 0 aliphatic heterocycles. The van der Waals surface area contributed by atoms with E-state index in [1.807, 2.05) is 36.8 Å². The summed E-state index contributed by atoms with van der Waals surface area (Å²) in [6, 6.07) is 8.70. The van der Waals surface area contributed by atoms with Crippen LogP contribution < -0.4 is 5.32 Å². The van der Waals surface area contributed by atoms with E-state index in [9.17, 15) is 0 Å². The second kappa shape index (κ2) is 5.55. The summed E-state index contributed by atoms with van der Waals surface area (Å²) >= 11 is 0. The van der Waals surface area contributed by atoms with Crippen LogP contribution >= 0.6 is 0 Å². The summed E-state index contributed by atoms with van der Waals surface area (Å²) in [6.07, 6.45) is 7.34. The van der Waals surface area contributed by atoms with Crippen LogP contribution in [0, 0.1) is 0 Å². The molecule has 3 nitrogen and oxygen atoms in total. The number of rotatable bonds is 4. The highest BCUT2D eigenvalue weighted by Crippen LogP contribution is 2.17. The molecule has 0 amide bonds. The molecule has 2 aromatic heterocycles. The highest BCUT2D eigenvalue weighted by Gasteiger charge is 2.10. The standard InChI is InChI=1S/C14H17N3/c1-11(13-5-8-15-9-6-13)17-12(2)14-4-3-7-16-10-14/h3-12,17H,1-2H3/t11-,12?/m0/s1. The van der Waals surface area contributed by atoms with Crippen LogP contribution in [0.15, 0.2) is 49.1 Å². The Hall–Kier alpha value is -1.74. The van der Waals surface area contributed by atoms with Crippen LogP contribution in [0.5, 0.6) is 0 Å². The van der Waals surface area contributed by atoms with Crippen molar-refractivity contribution in [3.8, 4) is 0 Å². The maximum atomic E-state index is 4.14. The number of nitrogens with zero attached hydrogens (tertiary/aromatic N) is 2. The summed E-state index contributed by atoms with van der Waals surface area (Å²) < 4.78 is 0. The molecule has 1 unspecified atom stereocenters. The van der Waals surface area contributed by atoms with Crippen LogP contribution in [-0.4, -0.2) is 9.97 Å². The van der Waals surface area contributed by atoms with E-state index in [0.717, 1.165) is 0 Å². The molecule has 0 saturated heterocycles.